The van der Waals surface area contributed by atoms with Gasteiger partial charge in [-0.25, -0.2) is 9.18 Å². The second-order valence-corrected chi connectivity index (χ2v) is 6.42. The molecule has 0 aliphatic carbocycles. The lowest BCUT2D eigenvalue weighted by Crippen LogP contribution is -2.08. The third-order valence-electron chi connectivity index (χ3n) is 3.36. The van der Waals surface area contributed by atoms with Gasteiger partial charge in [0.2, 0.25) is 0 Å². The van der Waals surface area contributed by atoms with Crippen molar-refractivity contribution < 1.29 is 8.81 Å². The number of oxazole rings is 1. The number of nitrogens with zero attached hydrogens (tertiary/aromatic N) is 1. The topological polar surface area (TPSA) is 35.1 Å². The van der Waals surface area contributed by atoms with Gasteiger partial charge in [-0.3, -0.25) is 4.57 Å². The minimum absolute atomic E-state index is 0.305. The molecule has 3 nitrogen and oxygen atoms in total. The predicted octanol–water partition coefficient (Wildman–Crippen LogP) is 4.52. The molecule has 6 heteroatoms. The minimum atomic E-state index is -0.416. The van der Waals surface area contributed by atoms with Crippen LogP contribution in [0.4, 0.5) is 4.39 Å². The third kappa shape index (κ3) is 2.46. The molecule has 0 fully saturated rings. The van der Waals surface area contributed by atoms with Crippen LogP contribution in [-0.2, 0) is 7.05 Å². The van der Waals surface area contributed by atoms with Crippen LogP contribution in [0, 0.1) is 5.82 Å². The molecule has 2 aromatic carbocycles. The summed E-state index contributed by atoms with van der Waals surface area (Å²) in [7, 11) is 1.65. The zero-order valence-corrected chi connectivity index (χ0v) is 14.1. The van der Waals surface area contributed by atoms with Crippen LogP contribution in [0.1, 0.15) is 16.0 Å². The number of fused-ring (bicyclic) bond motifs is 1. The number of aromatic nitrogens is 1. The lowest BCUT2D eigenvalue weighted by molar-refractivity contribution is 0.528. The highest BCUT2D eigenvalue weighted by molar-refractivity contribution is 9.11. The Morgan fingerprint density at radius 1 is 1.29 bits per heavy atom. The SMILES string of the molecule is Cn1c(=O)oc2cc(C(Br)c3c(F)cccc3Br)ccc21. The van der Waals surface area contributed by atoms with Crippen LogP contribution in [0.3, 0.4) is 0 Å². The molecule has 3 rings (SSSR count). The Morgan fingerprint density at radius 3 is 2.76 bits per heavy atom. The second kappa shape index (κ2) is 5.42. The molecule has 0 radical (unpaired) electrons. The monoisotopic (exact) mass is 413 g/mol. The fourth-order valence-corrected chi connectivity index (χ4v) is 3.86. The van der Waals surface area contributed by atoms with Crippen molar-refractivity contribution in [2.75, 3.05) is 0 Å². The number of hydrogen-bond donors (Lipinski definition) is 0. The lowest BCUT2D eigenvalue weighted by atomic mass is 10.0. The van der Waals surface area contributed by atoms with Crippen LogP contribution in [0.15, 0.2) is 50.1 Å². The van der Waals surface area contributed by atoms with Crippen molar-refractivity contribution in [2.45, 2.75) is 4.83 Å². The standard InChI is InChI=1S/C15H10Br2FNO2/c1-19-11-6-5-8(7-12(11)21-15(19)20)14(17)13-9(16)3-2-4-10(13)18/h2-7,14H,1H3. The van der Waals surface area contributed by atoms with E-state index in [1.807, 2.05) is 6.07 Å². The van der Waals surface area contributed by atoms with E-state index in [4.69, 9.17) is 4.42 Å². The normalized spacial score (nSPS) is 12.8. The molecule has 0 aliphatic heterocycles. The smallest absolute Gasteiger partial charge is 0.408 e. The number of hydrogen-bond acceptors (Lipinski definition) is 2. The van der Waals surface area contributed by atoms with Gasteiger partial charge in [0.15, 0.2) is 5.58 Å². The molecular formula is C15H10Br2FNO2. The Balaban J connectivity index is 2.14. The molecule has 0 aliphatic rings. The molecule has 0 spiro atoms. The molecule has 1 unspecified atom stereocenters. The van der Waals surface area contributed by atoms with Crippen LogP contribution < -0.4 is 5.76 Å². The zero-order valence-electron chi connectivity index (χ0n) is 10.9. The number of aryl methyl sites for hydroxylation is 1. The number of benzene rings is 2. The molecule has 108 valence electrons. The fraction of sp³-hybridized carbons (Fsp3) is 0.133. The summed E-state index contributed by atoms with van der Waals surface area (Å²) >= 11 is 6.87. The zero-order chi connectivity index (χ0) is 15.1. The number of rotatable bonds is 2. The van der Waals surface area contributed by atoms with E-state index in [0.717, 1.165) is 5.56 Å². The van der Waals surface area contributed by atoms with Crippen LogP contribution in [0.25, 0.3) is 11.1 Å². The van der Waals surface area contributed by atoms with Crippen LogP contribution in [0.2, 0.25) is 0 Å². The molecule has 1 heterocycles. The van der Waals surface area contributed by atoms with Gasteiger partial charge in [0, 0.05) is 17.1 Å². The third-order valence-corrected chi connectivity index (χ3v) is 5.04. The highest BCUT2D eigenvalue weighted by atomic mass is 79.9. The summed E-state index contributed by atoms with van der Waals surface area (Å²) in [6.07, 6.45) is 0. The van der Waals surface area contributed by atoms with Crippen molar-refractivity contribution in [1.82, 2.24) is 4.57 Å². The first kappa shape index (κ1) is 14.5. The van der Waals surface area contributed by atoms with Gasteiger partial charge >= 0.3 is 5.76 Å². The van der Waals surface area contributed by atoms with E-state index < -0.39 is 5.76 Å². The highest BCUT2D eigenvalue weighted by Gasteiger charge is 2.19. The lowest BCUT2D eigenvalue weighted by Gasteiger charge is -2.13. The summed E-state index contributed by atoms with van der Waals surface area (Å²) in [4.78, 5) is 11.2. The summed E-state index contributed by atoms with van der Waals surface area (Å²) < 4.78 is 21.3. The molecule has 1 atom stereocenters. The number of halogens is 3. The van der Waals surface area contributed by atoms with E-state index in [0.29, 0.717) is 21.1 Å². The van der Waals surface area contributed by atoms with Crippen molar-refractivity contribution in [3.8, 4) is 0 Å². The molecular weight excluding hydrogens is 405 g/mol. The van der Waals surface area contributed by atoms with Crippen LogP contribution >= 0.6 is 31.9 Å². The first-order valence-corrected chi connectivity index (χ1v) is 7.87. The van der Waals surface area contributed by atoms with E-state index in [1.54, 1.807) is 31.3 Å². The van der Waals surface area contributed by atoms with Crippen molar-refractivity contribution in [3.05, 3.63) is 68.4 Å². The van der Waals surface area contributed by atoms with Gasteiger partial charge in [0.1, 0.15) is 5.82 Å². The van der Waals surface area contributed by atoms with Gasteiger partial charge < -0.3 is 4.42 Å². The molecule has 3 aromatic rings. The van der Waals surface area contributed by atoms with Gasteiger partial charge in [-0.15, -0.1) is 0 Å². The molecule has 0 N–H and O–H groups in total. The Bertz CT molecular complexity index is 865. The van der Waals surface area contributed by atoms with E-state index in [1.165, 1.54) is 10.6 Å². The molecule has 0 saturated heterocycles. The van der Waals surface area contributed by atoms with E-state index >= 15 is 0 Å². The summed E-state index contributed by atoms with van der Waals surface area (Å²) in [5.74, 6) is -0.721. The first-order chi connectivity index (χ1) is 9.99. The Morgan fingerprint density at radius 2 is 2.05 bits per heavy atom. The second-order valence-electron chi connectivity index (χ2n) is 4.65. The molecule has 0 amide bonds. The Kier molecular flexibility index (Phi) is 3.75. The Hall–Kier alpha value is -1.40. The molecule has 21 heavy (non-hydrogen) atoms. The average Bonchev–Trinajstić information content (AvgIpc) is 2.73. The van der Waals surface area contributed by atoms with Crippen molar-refractivity contribution in [3.63, 3.8) is 0 Å². The minimum Gasteiger partial charge on any atom is -0.408 e. The first-order valence-electron chi connectivity index (χ1n) is 6.16. The highest BCUT2D eigenvalue weighted by Crippen LogP contribution is 2.37. The van der Waals surface area contributed by atoms with E-state index in [-0.39, 0.29) is 10.6 Å². The molecule has 1 aromatic heterocycles. The van der Waals surface area contributed by atoms with Crippen LogP contribution in [-0.4, -0.2) is 4.57 Å². The van der Waals surface area contributed by atoms with Gasteiger partial charge in [0.05, 0.1) is 10.3 Å². The summed E-state index contributed by atoms with van der Waals surface area (Å²) in [6, 6.07) is 10.2. The maximum Gasteiger partial charge on any atom is 0.419 e. The Labute approximate surface area is 136 Å². The summed E-state index contributed by atoms with van der Waals surface area (Å²) in [5.41, 5.74) is 2.51. The van der Waals surface area contributed by atoms with E-state index in [2.05, 4.69) is 31.9 Å². The van der Waals surface area contributed by atoms with Crippen LogP contribution in [0.5, 0.6) is 0 Å². The van der Waals surface area contributed by atoms with E-state index in [9.17, 15) is 9.18 Å². The molecule has 0 bridgehead atoms. The van der Waals surface area contributed by atoms with Gasteiger partial charge in [-0.05, 0) is 29.8 Å². The predicted molar refractivity (Wildman–Crippen MR) is 86.3 cm³/mol. The average molecular weight is 415 g/mol. The summed E-state index contributed by atoms with van der Waals surface area (Å²) in [5, 5.41) is 0. The maximum absolute atomic E-state index is 14.0. The molecule has 0 saturated carbocycles. The number of alkyl halides is 1. The summed E-state index contributed by atoms with van der Waals surface area (Å²) in [6.45, 7) is 0. The van der Waals surface area contributed by atoms with Gasteiger partial charge in [-0.2, -0.15) is 0 Å². The van der Waals surface area contributed by atoms with Crippen molar-refractivity contribution in [2.24, 2.45) is 7.05 Å². The quantitative estimate of drug-likeness (QED) is 0.578. The van der Waals surface area contributed by atoms with Crippen molar-refractivity contribution in [1.29, 1.82) is 0 Å². The van der Waals surface area contributed by atoms with Gasteiger partial charge in [-0.1, -0.05) is 44.0 Å². The fourth-order valence-electron chi connectivity index (χ4n) is 2.23. The largest absolute Gasteiger partial charge is 0.419 e. The van der Waals surface area contributed by atoms with Gasteiger partial charge in [0.25, 0.3) is 0 Å². The van der Waals surface area contributed by atoms with Crippen molar-refractivity contribution >= 4 is 43.0 Å². The maximum atomic E-state index is 14.0.